The molecule has 1 aromatic heterocycles. The van der Waals surface area contributed by atoms with Crippen LogP contribution in [0.15, 0.2) is 30.6 Å². The highest BCUT2D eigenvalue weighted by atomic mass is 16.5. The number of carbonyl (C=O) groups is 1. The van der Waals surface area contributed by atoms with Crippen molar-refractivity contribution in [3.05, 3.63) is 53.1 Å². The maximum Gasteiger partial charge on any atom is 0.307 e. The van der Waals surface area contributed by atoms with Crippen molar-refractivity contribution < 1.29 is 9.53 Å². The number of esters is 1. The minimum Gasteiger partial charge on any atom is -0.444 e. The van der Waals surface area contributed by atoms with Crippen LogP contribution in [0.4, 0.5) is 0 Å². The molecule has 0 aliphatic heterocycles. The van der Waals surface area contributed by atoms with E-state index >= 15 is 0 Å². The number of imidazole rings is 1. The number of nitrogens with zero attached hydrogens (tertiary/aromatic N) is 2. The normalized spacial score (nSPS) is 12.2. The lowest BCUT2D eigenvalue weighted by atomic mass is 9.93. The fourth-order valence-corrected chi connectivity index (χ4v) is 2.61. The average Bonchev–Trinajstić information content (AvgIpc) is 2.96. The molecule has 0 amide bonds. The van der Waals surface area contributed by atoms with Crippen LogP contribution >= 0.6 is 0 Å². The molecule has 1 aromatic carbocycles. The van der Waals surface area contributed by atoms with Gasteiger partial charge in [0.05, 0.1) is 0 Å². The second-order valence-corrected chi connectivity index (χ2v) is 5.66. The minimum absolute atomic E-state index is 0.153. The van der Waals surface area contributed by atoms with E-state index in [-0.39, 0.29) is 18.6 Å². The third kappa shape index (κ3) is 3.56. The average molecular weight is 300 g/mol. The van der Waals surface area contributed by atoms with Crippen molar-refractivity contribution in [2.45, 2.75) is 53.2 Å². The van der Waals surface area contributed by atoms with Crippen molar-refractivity contribution in [2.24, 2.45) is 0 Å². The first-order chi connectivity index (χ1) is 10.5. The van der Waals surface area contributed by atoms with Gasteiger partial charge in [-0.05, 0) is 37.0 Å². The molecule has 0 radical (unpaired) electrons. The molecule has 0 bridgehead atoms. The monoisotopic (exact) mass is 300 g/mol. The van der Waals surface area contributed by atoms with Gasteiger partial charge < -0.3 is 9.30 Å². The van der Waals surface area contributed by atoms with E-state index < -0.39 is 0 Å². The highest BCUT2D eigenvalue weighted by Crippen LogP contribution is 2.27. The largest absolute Gasteiger partial charge is 0.444 e. The fourth-order valence-electron chi connectivity index (χ4n) is 2.61. The molecule has 4 heteroatoms. The van der Waals surface area contributed by atoms with E-state index in [1.54, 1.807) is 6.20 Å². The molecule has 0 saturated heterocycles. The van der Waals surface area contributed by atoms with Crippen molar-refractivity contribution in [3.8, 4) is 0 Å². The lowest BCUT2D eigenvalue weighted by Crippen LogP contribution is -2.13. The molecular formula is C18H24N2O2. The molecule has 0 saturated carbocycles. The second-order valence-electron chi connectivity index (χ2n) is 5.66. The van der Waals surface area contributed by atoms with Gasteiger partial charge in [-0.25, -0.2) is 4.98 Å². The second kappa shape index (κ2) is 7.25. The molecule has 0 spiro atoms. The van der Waals surface area contributed by atoms with Crippen LogP contribution in [0.5, 0.6) is 0 Å². The molecular weight excluding hydrogens is 276 g/mol. The maximum atomic E-state index is 11.5. The first kappa shape index (κ1) is 16.3. The standard InChI is InChI=1S/C18H24N2O2/c1-5-7-17(21)22-12-20-11-10-19-18(20)15(4)16-9-6-8-13(2)14(16)3/h6,8-11,15H,5,7,12H2,1-4H3. The molecule has 2 aromatic rings. The van der Waals surface area contributed by atoms with Crippen LogP contribution in [0.25, 0.3) is 0 Å². The van der Waals surface area contributed by atoms with E-state index in [2.05, 4.69) is 44.0 Å². The molecule has 1 unspecified atom stereocenters. The molecule has 0 N–H and O–H groups in total. The van der Waals surface area contributed by atoms with Crippen LogP contribution in [0.3, 0.4) is 0 Å². The van der Waals surface area contributed by atoms with Crippen molar-refractivity contribution in [2.75, 3.05) is 0 Å². The maximum absolute atomic E-state index is 11.5. The van der Waals surface area contributed by atoms with Crippen molar-refractivity contribution >= 4 is 5.97 Å². The van der Waals surface area contributed by atoms with Crippen LogP contribution in [-0.2, 0) is 16.3 Å². The summed E-state index contributed by atoms with van der Waals surface area (Å²) in [5.41, 5.74) is 3.82. The molecule has 1 atom stereocenters. The highest BCUT2D eigenvalue weighted by Gasteiger charge is 2.17. The van der Waals surface area contributed by atoms with Crippen LogP contribution in [0.2, 0.25) is 0 Å². The Bertz CT molecular complexity index is 646. The SMILES string of the molecule is CCCC(=O)OCn1ccnc1C(C)c1cccc(C)c1C. The van der Waals surface area contributed by atoms with Crippen LogP contribution in [0.1, 0.15) is 55.1 Å². The molecule has 4 nitrogen and oxygen atoms in total. The molecule has 22 heavy (non-hydrogen) atoms. The Balaban J connectivity index is 2.17. The van der Waals surface area contributed by atoms with Gasteiger partial charge in [-0.2, -0.15) is 0 Å². The molecule has 118 valence electrons. The first-order valence-electron chi connectivity index (χ1n) is 7.77. The van der Waals surface area contributed by atoms with E-state index in [1.807, 2.05) is 17.7 Å². The third-order valence-corrected chi connectivity index (χ3v) is 4.07. The number of benzene rings is 1. The summed E-state index contributed by atoms with van der Waals surface area (Å²) in [6, 6.07) is 6.32. The van der Waals surface area contributed by atoms with Gasteiger partial charge in [0.2, 0.25) is 0 Å². The number of hydrogen-bond acceptors (Lipinski definition) is 3. The zero-order chi connectivity index (χ0) is 16.1. The van der Waals surface area contributed by atoms with Gasteiger partial charge in [-0.15, -0.1) is 0 Å². The summed E-state index contributed by atoms with van der Waals surface area (Å²) < 4.78 is 7.19. The van der Waals surface area contributed by atoms with Gasteiger partial charge in [0.1, 0.15) is 5.82 Å². The number of rotatable bonds is 6. The van der Waals surface area contributed by atoms with E-state index in [0.717, 1.165) is 12.2 Å². The summed E-state index contributed by atoms with van der Waals surface area (Å²) in [5.74, 6) is 0.902. The quantitative estimate of drug-likeness (QED) is 0.759. The minimum atomic E-state index is -0.165. The zero-order valence-electron chi connectivity index (χ0n) is 13.8. The van der Waals surface area contributed by atoms with E-state index in [9.17, 15) is 4.79 Å². The summed E-state index contributed by atoms with van der Waals surface area (Å²) in [5, 5.41) is 0. The Hall–Kier alpha value is -2.10. The highest BCUT2D eigenvalue weighted by molar-refractivity contribution is 5.69. The fraction of sp³-hybridized carbons (Fsp3) is 0.444. The summed E-state index contributed by atoms with van der Waals surface area (Å²) in [7, 11) is 0. The Labute approximate surface area is 132 Å². The van der Waals surface area contributed by atoms with Crippen molar-refractivity contribution in [1.82, 2.24) is 9.55 Å². The summed E-state index contributed by atoms with van der Waals surface area (Å²) in [6.45, 7) is 8.57. The lowest BCUT2D eigenvalue weighted by Gasteiger charge is -2.17. The number of ether oxygens (including phenoxy) is 1. The summed E-state index contributed by atoms with van der Waals surface area (Å²) >= 11 is 0. The number of carbonyl (C=O) groups excluding carboxylic acids is 1. The third-order valence-electron chi connectivity index (χ3n) is 4.07. The van der Waals surface area contributed by atoms with E-state index in [4.69, 9.17) is 4.74 Å². The Morgan fingerprint density at radius 1 is 1.36 bits per heavy atom. The first-order valence-corrected chi connectivity index (χ1v) is 7.77. The molecule has 0 aliphatic carbocycles. The van der Waals surface area contributed by atoms with Crippen molar-refractivity contribution in [3.63, 3.8) is 0 Å². The van der Waals surface area contributed by atoms with E-state index in [1.165, 1.54) is 16.7 Å². The predicted octanol–water partition coefficient (Wildman–Crippen LogP) is 3.95. The number of aromatic nitrogens is 2. The van der Waals surface area contributed by atoms with Crippen LogP contribution in [-0.4, -0.2) is 15.5 Å². The zero-order valence-corrected chi connectivity index (χ0v) is 13.8. The van der Waals surface area contributed by atoms with Gasteiger partial charge in [0, 0.05) is 24.7 Å². The lowest BCUT2D eigenvalue weighted by molar-refractivity contribution is -0.147. The molecule has 0 aliphatic rings. The summed E-state index contributed by atoms with van der Waals surface area (Å²) in [4.78, 5) is 16.0. The topological polar surface area (TPSA) is 44.1 Å². The van der Waals surface area contributed by atoms with Gasteiger partial charge in [0.25, 0.3) is 0 Å². The summed E-state index contributed by atoms with van der Waals surface area (Å²) in [6.07, 6.45) is 4.87. The smallest absolute Gasteiger partial charge is 0.307 e. The van der Waals surface area contributed by atoms with Crippen LogP contribution < -0.4 is 0 Å². The molecule has 2 rings (SSSR count). The molecule has 0 fully saturated rings. The predicted molar refractivity (Wildman–Crippen MR) is 86.7 cm³/mol. The molecule has 1 heterocycles. The van der Waals surface area contributed by atoms with Gasteiger partial charge in [0.15, 0.2) is 6.73 Å². The van der Waals surface area contributed by atoms with Gasteiger partial charge >= 0.3 is 5.97 Å². The van der Waals surface area contributed by atoms with Gasteiger partial charge in [-0.3, -0.25) is 4.79 Å². The Morgan fingerprint density at radius 3 is 2.86 bits per heavy atom. The number of aryl methyl sites for hydroxylation is 1. The van der Waals surface area contributed by atoms with Crippen molar-refractivity contribution in [1.29, 1.82) is 0 Å². The Kier molecular flexibility index (Phi) is 5.36. The van der Waals surface area contributed by atoms with Gasteiger partial charge in [-0.1, -0.05) is 32.0 Å². The van der Waals surface area contributed by atoms with Crippen LogP contribution in [0, 0.1) is 13.8 Å². The number of hydrogen-bond donors (Lipinski definition) is 0. The van der Waals surface area contributed by atoms with E-state index in [0.29, 0.717) is 6.42 Å². The Morgan fingerprint density at radius 2 is 2.14 bits per heavy atom.